The van der Waals surface area contributed by atoms with Crippen molar-refractivity contribution in [1.29, 1.82) is 0 Å². The Kier molecular flexibility index (Phi) is 9.83. The quantitative estimate of drug-likeness (QED) is 0.611. The number of imide groups is 1. The minimum absolute atomic E-state index is 0. The number of nitrogens with zero attached hydrogens (tertiary/aromatic N) is 1. The van der Waals surface area contributed by atoms with Crippen LogP contribution in [0.2, 0.25) is 0 Å². The molecule has 2 amide bonds. The molecule has 3 nitrogen and oxygen atoms in total. The molecule has 0 saturated carbocycles. The lowest BCUT2D eigenvalue weighted by Gasteiger charge is -2.20. The van der Waals surface area contributed by atoms with Crippen LogP contribution in [-0.2, 0) is 9.59 Å². The van der Waals surface area contributed by atoms with Crippen LogP contribution in [0.1, 0.15) is 42.5 Å². The highest BCUT2D eigenvalue weighted by Gasteiger charge is 2.15. The Morgan fingerprint density at radius 3 is 1.25 bits per heavy atom. The number of rotatable bonds is 1. The Morgan fingerprint density at radius 2 is 1.25 bits per heavy atom. The first-order chi connectivity index (χ1) is 4.46. The fourth-order valence-corrected chi connectivity index (χ4v) is 0.949. The molecule has 0 radical (unpaired) electrons. The van der Waals surface area contributed by atoms with Crippen LogP contribution in [0.5, 0.6) is 0 Å². The van der Waals surface area contributed by atoms with Crippen LogP contribution in [0, 0.1) is 0 Å². The zero-order valence-electron chi connectivity index (χ0n) is 6.84. The van der Waals surface area contributed by atoms with E-state index in [4.69, 9.17) is 0 Å². The molecule has 0 unspecified atom stereocenters. The van der Waals surface area contributed by atoms with E-state index in [0.29, 0.717) is 0 Å². The first-order valence-corrected chi connectivity index (χ1v) is 3.27. The monoisotopic (exact) mass is 175 g/mol. The first kappa shape index (κ1) is 17.3. The van der Waals surface area contributed by atoms with Gasteiger partial charge in [0.15, 0.2) is 0 Å². The summed E-state index contributed by atoms with van der Waals surface area (Å²) in [5.74, 6) is -0.384. The largest absolute Gasteiger partial charge is 0.281 e. The van der Waals surface area contributed by atoms with E-state index < -0.39 is 0 Å². The molecule has 0 fully saturated rings. The van der Waals surface area contributed by atoms with Crippen molar-refractivity contribution >= 4 is 11.8 Å². The van der Waals surface area contributed by atoms with Gasteiger partial charge in [-0.25, -0.2) is 0 Å². The summed E-state index contributed by atoms with van der Waals surface area (Å²) in [5, 5.41) is 0. The molecule has 0 rings (SSSR count). The maximum Gasteiger partial charge on any atom is 0.226 e. The summed E-state index contributed by atoms with van der Waals surface area (Å²) in [6.45, 7) is 6.40. The SMILES string of the molecule is C.C.CC(=O)N(C(C)=O)C(C)C. The third kappa shape index (κ3) is 4.88. The smallest absolute Gasteiger partial charge is 0.226 e. The summed E-state index contributed by atoms with van der Waals surface area (Å²) >= 11 is 0. The standard InChI is InChI=1S/C7H13NO2.2CH4/c1-5(2)8(6(3)9)7(4)10;;/h5H,1-4H3;2*1H4. The molecule has 0 aliphatic heterocycles. The van der Waals surface area contributed by atoms with Crippen LogP contribution >= 0.6 is 0 Å². The fraction of sp³-hybridized carbons (Fsp3) is 0.778. The number of hydrogen-bond donors (Lipinski definition) is 0. The van der Waals surface area contributed by atoms with Crippen molar-refractivity contribution in [3.63, 3.8) is 0 Å². The van der Waals surface area contributed by atoms with Gasteiger partial charge in [0.1, 0.15) is 0 Å². The van der Waals surface area contributed by atoms with E-state index in [1.165, 1.54) is 18.7 Å². The second-order valence-corrected chi connectivity index (χ2v) is 2.50. The van der Waals surface area contributed by atoms with Crippen LogP contribution in [0.25, 0.3) is 0 Å². The highest BCUT2D eigenvalue weighted by atomic mass is 16.2. The number of carbonyl (C=O) groups excluding carboxylic acids is 2. The lowest BCUT2D eigenvalue weighted by molar-refractivity contribution is -0.144. The highest BCUT2D eigenvalue weighted by molar-refractivity contribution is 5.93. The molecule has 0 spiro atoms. The van der Waals surface area contributed by atoms with Gasteiger partial charge < -0.3 is 0 Å². The number of carbonyl (C=O) groups is 2. The molecule has 0 aliphatic carbocycles. The fourth-order valence-electron chi connectivity index (χ4n) is 0.949. The summed E-state index contributed by atoms with van der Waals surface area (Å²) in [6.07, 6.45) is 0. The van der Waals surface area contributed by atoms with Crippen molar-refractivity contribution < 1.29 is 9.59 Å². The molecule has 0 heterocycles. The normalized spacial score (nSPS) is 8.08. The molecular weight excluding hydrogens is 154 g/mol. The Bertz CT molecular complexity index is 139. The number of amides is 2. The molecule has 0 N–H and O–H groups in total. The third-order valence-corrected chi connectivity index (χ3v) is 1.19. The second-order valence-electron chi connectivity index (χ2n) is 2.50. The molecule has 0 aromatic rings. The van der Waals surface area contributed by atoms with Crippen molar-refractivity contribution in [2.45, 2.75) is 48.6 Å². The molecule has 74 valence electrons. The van der Waals surface area contributed by atoms with Crippen LogP contribution in [-0.4, -0.2) is 22.8 Å². The van der Waals surface area contributed by atoms with Crippen LogP contribution in [0.4, 0.5) is 0 Å². The molecule has 0 aromatic heterocycles. The Labute approximate surface area is 75.8 Å². The first-order valence-electron chi connectivity index (χ1n) is 3.27. The molecular formula is C9H21NO2. The average molecular weight is 175 g/mol. The Balaban J connectivity index is -0.000000405. The maximum absolute atomic E-state index is 10.7. The molecule has 0 bridgehead atoms. The van der Waals surface area contributed by atoms with Gasteiger partial charge in [-0.15, -0.1) is 0 Å². The zero-order chi connectivity index (χ0) is 8.31. The van der Waals surface area contributed by atoms with Crippen molar-refractivity contribution in [3.05, 3.63) is 0 Å². The summed E-state index contributed by atoms with van der Waals surface area (Å²) < 4.78 is 0. The number of hydrogen-bond acceptors (Lipinski definition) is 2. The van der Waals surface area contributed by atoms with E-state index in [-0.39, 0.29) is 32.7 Å². The lowest BCUT2D eigenvalue weighted by atomic mass is 10.3. The van der Waals surface area contributed by atoms with Crippen molar-refractivity contribution in [2.75, 3.05) is 0 Å². The zero-order valence-corrected chi connectivity index (χ0v) is 6.84. The van der Waals surface area contributed by atoms with Gasteiger partial charge in [0, 0.05) is 19.9 Å². The predicted molar refractivity (Wildman–Crippen MR) is 51.8 cm³/mol. The van der Waals surface area contributed by atoms with Crippen LogP contribution in [0.15, 0.2) is 0 Å². The van der Waals surface area contributed by atoms with Crippen molar-refractivity contribution in [3.8, 4) is 0 Å². The van der Waals surface area contributed by atoms with Crippen LogP contribution in [0.3, 0.4) is 0 Å². The summed E-state index contributed by atoms with van der Waals surface area (Å²) in [6, 6.07) is -0.0324. The van der Waals surface area contributed by atoms with Gasteiger partial charge in [-0.05, 0) is 13.8 Å². The summed E-state index contributed by atoms with van der Waals surface area (Å²) in [5.41, 5.74) is 0. The average Bonchev–Trinajstić information content (AvgIpc) is 1.59. The van der Waals surface area contributed by atoms with Gasteiger partial charge in [-0.3, -0.25) is 14.5 Å². The van der Waals surface area contributed by atoms with E-state index in [2.05, 4.69) is 0 Å². The second kappa shape index (κ2) is 6.83. The van der Waals surface area contributed by atoms with Gasteiger partial charge in [0.25, 0.3) is 0 Å². The van der Waals surface area contributed by atoms with Gasteiger partial charge in [-0.1, -0.05) is 14.9 Å². The van der Waals surface area contributed by atoms with Gasteiger partial charge in [-0.2, -0.15) is 0 Å². The van der Waals surface area contributed by atoms with Gasteiger partial charge >= 0.3 is 0 Å². The molecule has 3 heteroatoms. The minimum Gasteiger partial charge on any atom is -0.281 e. The molecule has 12 heavy (non-hydrogen) atoms. The maximum atomic E-state index is 10.7. The molecule has 0 aliphatic rings. The van der Waals surface area contributed by atoms with E-state index in [0.717, 1.165) is 0 Å². The van der Waals surface area contributed by atoms with E-state index in [1.807, 2.05) is 13.8 Å². The van der Waals surface area contributed by atoms with E-state index in [1.54, 1.807) is 0 Å². The van der Waals surface area contributed by atoms with Crippen LogP contribution < -0.4 is 0 Å². The third-order valence-electron chi connectivity index (χ3n) is 1.19. The summed E-state index contributed by atoms with van der Waals surface area (Å²) in [4.78, 5) is 22.7. The van der Waals surface area contributed by atoms with Crippen molar-refractivity contribution in [2.24, 2.45) is 0 Å². The Morgan fingerprint density at radius 1 is 1.00 bits per heavy atom. The molecule has 0 saturated heterocycles. The van der Waals surface area contributed by atoms with E-state index in [9.17, 15) is 9.59 Å². The lowest BCUT2D eigenvalue weighted by Crippen LogP contribution is -2.38. The highest BCUT2D eigenvalue weighted by Crippen LogP contribution is 1.98. The topological polar surface area (TPSA) is 37.4 Å². The van der Waals surface area contributed by atoms with Gasteiger partial charge in [0.05, 0.1) is 0 Å². The minimum atomic E-state index is -0.192. The predicted octanol–water partition coefficient (Wildman–Crippen LogP) is 2.06. The van der Waals surface area contributed by atoms with Gasteiger partial charge in [0.2, 0.25) is 11.8 Å². The molecule has 0 aromatic carbocycles. The van der Waals surface area contributed by atoms with E-state index >= 15 is 0 Å². The van der Waals surface area contributed by atoms with Crippen molar-refractivity contribution in [1.82, 2.24) is 4.90 Å². The molecule has 0 atom stereocenters. The Hall–Kier alpha value is -0.860. The summed E-state index contributed by atoms with van der Waals surface area (Å²) in [7, 11) is 0.